The fourth-order valence-electron chi connectivity index (χ4n) is 3.41. The van der Waals surface area contributed by atoms with Gasteiger partial charge in [-0.15, -0.1) is 0 Å². The van der Waals surface area contributed by atoms with Gasteiger partial charge in [-0.3, -0.25) is 4.79 Å². The Morgan fingerprint density at radius 1 is 1.17 bits per heavy atom. The topological polar surface area (TPSA) is 62.5 Å². The summed E-state index contributed by atoms with van der Waals surface area (Å²) in [4.78, 5) is 19.7. The van der Waals surface area contributed by atoms with Gasteiger partial charge in [-0.25, -0.2) is 9.50 Å². The van der Waals surface area contributed by atoms with Gasteiger partial charge in [-0.2, -0.15) is 5.10 Å². The van der Waals surface area contributed by atoms with Crippen LogP contribution < -0.4 is 10.2 Å². The molecule has 4 aromatic rings. The first kappa shape index (κ1) is 19.9. The Hall–Kier alpha value is -3.38. The van der Waals surface area contributed by atoms with Crippen LogP contribution in [-0.4, -0.2) is 34.1 Å². The minimum Gasteiger partial charge on any atom is -0.373 e. The van der Waals surface area contributed by atoms with Gasteiger partial charge >= 0.3 is 0 Å². The van der Waals surface area contributed by atoms with E-state index in [1.807, 2.05) is 55.6 Å². The lowest BCUT2D eigenvalue weighted by Crippen LogP contribution is -2.21. The molecule has 0 aliphatic heterocycles. The van der Waals surface area contributed by atoms with Crippen molar-refractivity contribution >= 4 is 34.5 Å². The number of hydrogen-bond donors (Lipinski definition) is 1. The van der Waals surface area contributed by atoms with Gasteiger partial charge in [0.05, 0.1) is 17.6 Å². The number of carbonyl (C=O) groups is 1. The Balaban J connectivity index is 1.66. The zero-order valence-electron chi connectivity index (χ0n) is 16.8. The number of aromatic nitrogens is 3. The molecule has 0 saturated carbocycles. The van der Waals surface area contributed by atoms with Crippen LogP contribution >= 0.6 is 11.6 Å². The summed E-state index contributed by atoms with van der Waals surface area (Å²) in [6.07, 6.45) is 4.48. The van der Waals surface area contributed by atoms with Crippen molar-refractivity contribution in [3.05, 3.63) is 77.7 Å². The van der Waals surface area contributed by atoms with Gasteiger partial charge in [-0.1, -0.05) is 42.8 Å². The average Bonchev–Trinajstić information content (AvgIpc) is 3.17. The standard InChI is InChI=1S/C23H22ClN5O/c1-3-12-28(2)21-10-5-4-9-19(21)27-23(30)20-11-13-29-22(26-20)18(15-25-29)16-7-6-8-17(24)14-16/h4-11,13-15H,3,12H2,1-2H3,(H,27,30). The zero-order chi connectivity index (χ0) is 21.1. The average molecular weight is 420 g/mol. The van der Waals surface area contributed by atoms with E-state index in [-0.39, 0.29) is 5.91 Å². The van der Waals surface area contributed by atoms with Gasteiger partial charge in [0.2, 0.25) is 0 Å². The second-order valence-corrected chi connectivity index (χ2v) is 7.48. The molecule has 0 spiro atoms. The summed E-state index contributed by atoms with van der Waals surface area (Å²) < 4.78 is 1.65. The lowest BCUT2D eigenvalue weighted by atomic mass is 10.1. The number of anilines is 2. The maximum absolute atomic E-state index is 13.0. The largest absolute Gasteiger partial charge is 0.373 e. The zero-order valence-corrected chi connectivity index (χ0v) is 17.6. The lowest BCUT2D eigenvalue weighted by Gasteiger charge is -2.21. The molecule has 152 valence electrons. The number of rotatable bonds is 6. The Kier molecular flexibility index (Phi) is 5.68. The van der Waals surface area contributed by atoms with Crippen LogP contribution in [0.4, 0.5) is 11.4 Å². The van der Waals surface area contributed by atoms with Crippen LogP contribution in [0.15, 0.2) is 67.0 Å². The van der Waals surface area contributed by atoms with Crippen LogP contribution in [0, 0.1) is 0 Å². The number of amides is 1. The molecule has 1 amide bonds. The first-order chi connectivity index (χ1) is 14.6. The fourth-order valence-corrected chi connectivity index (χ4v) is 3.60. The number of hydrogen-bond acceptors (Lipinski definition) is 4. The molecule has 0 unspecified atom stereocenters. The van der Waals surface area contributed by atoms with Gasteiger partial charge in [0, 0.05) is 30.4 Å². The maximum atomic E-state index is 13.0. The van der Waals surface area contributed by atoms with Crippen molar-refractivity contribution in [2.24, 2.45) is 0 Å². The second kappa shape index (κ2) is 8.55. The number of benzene rings is 2. The van der Waals surface area contributed by atoms with Gasteiger partial charge in [0.25, 0.3) is 5.91 Å². The maximum Gasteiger partial charge on any atom is 0.274 e. The first-order valence-corrected chi connectivity index (χ1v) is 10.2. The number of halogens is 1. The van der Waals surface area contributed by atoms with Crippen LogP contribution in [0.5, 0.6) is 0 Å². The molecule has 0 saturated heterocycles. The van der Waals surface area contributed by atoms with E-state index >= 15 is 0 Å². The van der Waals surface area contributed by atoms with Crippen LogP contribution in [0.2, 0.25) is 5.02 Å². The van der Waals surface area contributed by atoms with E-state index in [0.29, 0.717) is 16.4 Å². The lowest BCUT2D eigenvalue weighted by molar-refractivity contribution is 0.102. The summed E-state index contributed by atoms with van der Waals surface area (Å²) in [6, 6.07) is 16.9. The summed E-state index contributed by atoms with van der Waals surface area (Å²) in [5.74, 6) is -0.270. The van der Waals surface area contributed by atoms with Gasteiger partial charge in [-0.05, 0) is 42.3 Å². The Labute approximate surface area is 180 Å². The molecule has 2 heterocycles. The number of fused-ring (bicyclic) bond motifs is 1. The number of nitrogens with one attached hydrogen (secondary N) is 1. The quantitative estimate of drug-likeness (QED) is 0.469. The van der Waals surface area contributed by atoms with Gasteiger partial charge in [0.1, 0.15) is 5.69 Å². The molecular formula is C23H22ClN5O. The summed E-state index contributed by atoms with van der Waals surface area (Å²) in [6.45, 7) is 3.02. The van der Waals surface area contributed by atoms with E-state index in [1.54, 1.807) is 23.0 Å². The highest BCUT2D eigenvalue weighted by Crippen LogP contribution is 2.27. The van der Waals surface area contributed by atoms with Crippen molar-refractivity contribution in [2.75, 3.05) is 23.8 Å². The number of nitrogens with zero attached hydrogens (tertiary/aromatic N) is 4. The highest BCUT2D eigenvalue weighted by atomic mass is 35.5. The summed E-state index contributed by atoms with van der Waals surface area (Å²) >= 11 is 6.13. The molecule has 6 nitrogen and oxygen atoms in total. The van der Waals surface area contributed by atoms with Crippen molar-refractivity contribution < 1.29 is 4.79 Å². The summed E-state index contributed by atoms with van der Waals surface area (Å²) in [5, 5.41) is 7.97. The van der Waals surface area contributed by atoms with Crippen molar-refractivity contribution in [1.82, 2.24) is 14.6 Å². The predicted molar refractivity (Wildman–Crippen MR) is 121 cm³/mol. The van der Waals surface area contributed by atoms with E-state index in [1.165, 1.54) is 0 Å². The molecule has 0 bridgehead atoms. The highest BCUT2D eigenvalue weighted by Gasteiger charge is 2.15. The third kappa shape index (κ3) is 4.00. The second-order valence-electron chi connectivity index (χ2n) is 7.04. The van der Waals surface area contributed by atoms with Crippen LogP contribution in [0.1, 0.15) is 23.8 Å². The third-order valence-corrected chi connectivity index (χ3v) is 5.09. The van der Waals surface area contributed by atoms with E-state index < -0.39 is 0 Å². The predicted octanol–water partition coefficient (Wildman–Crippen LogP) is 5.15. The molecule has 7 heteroatoms. The molecule has 2 aromatic heterocycles. The minimum atomic E-state index is -0.270. The molecule has 0 atom stereocenters. The van der Waals surface area contributed by atoms with E-state index in [0.717, 1.165) is 35.5 Å². The SMILES string of the molecule is CCCN(C)c1ccccc1NC(=O)c1ccn2ncc(-c3cccc(Cl)c3)c2n1. The van der Waals surface area contributed by atoms with Crippen molar-refractivity contribution in [3.63, 3.8) is 0 Å². The normalized spacial score (nSPS) is 10.9. The molecule has 0 aliphatic carbocycles. The summed E-state index contributed by atoms with van der Waals surface area (Å²) in [5.41, 5.74) is 4.35. The Morgan fingerprint density at radius 2 is 2.00 bits per heavy atom. The molecule has 30 heavy (non-hydrogen) atoms. The Bertz CT molecular complexity index is 1200. The molecule has 1 N–H and O–H groups in total. The molecule has 2 aromatic carbocycles. The van der Waals surface area contributed by atoms with Gasteiger partial charge < -0.3 is 10.2 Å². The molecule has 0 aliphatic rings. The van der Waals surface area contributed by atoms with Crippen molar-refractivity contribution in [1.29, 1.82) is 0 Å². The van der Waals surface area contributed by atoms with Crippen LogP contribution in [0.3, 0.4) is 0 Å². The third-order valence-electron chi connectivity index (χ3n) is 4.86. The smallest absolute Gasteiger partial charge is 0.274 e. The van der Waals surface area contributed by atoms with E-state index in [9.17, 15) is 4.79 Å². The molecular weight excluding hydrogens is 398 g/mol. The summed E-state index contributed by atoms with van der Waals surface area (Å²) in [7, 11) is 2.02. The molecule has 0 fully saturated rings. The van der Waals surface area contributed by atoms with Crippen LogP contribution in [0.25, 0.3) is 16.8 Å². The highest BCUT2D eigenvalue weighted by molar-refractivity contribution is 6.30. The van der Waals surface area contributed by atoms with Gasteiger partial charge in [0.15, 0.2) is 5.65 Å². The number of para-hydroxylation sites is 2. The fraction of sp³-hybridized carbons (Fsp3) is 0.174. The van der Waals surface area contributed by atoms with Crippen molar-refractivity contribution in [2.45, 2.75) is 13.3 Å². The van der Waals surface area contributed by atoms with Crippen LogP contribution in [-0.2, 0) is 0 Å². The van der Waals surface area contributed by atoms with E-state index in [2.05, 4.69) is 27.2 Å². The number of carbonyl (C=O) groups excluding carboxylic acids is 1. The monoisotopic (exact) mass is 419 g/mol. The van der Waals surface area contributed by atoms with Crippen molar-refractivity contribution in [3.8, 4) is 11.1 Å². The molecule has 4 rings (SSSR count). The Morgan fingerprint density at radius 3 is 2.80 bits per heavy atom. The molecule has 0 radical (unpaired) electrons. The van der Waals surface area contributed by atoms with E-state index in [4.69, 9.17) is 11.6 Å². The minimum absolute atomic E-state index is 0.270. The first-order valence-electron chi connectivity index (χ1n) is 9.78.